The van der Waals surface area contributed by atoms with E-state index in [0.717, 1.165) is 0 Å². The van der Waals surface area contributed by atoms with Crippen LogP contribution >= 0.6 is 0 Å². The molecule has 0 aromatic carbocycles. The summed E-state index contributed by atoms with van der Waals surface area (Å²) in [6.07, 6.45) is 0.294. The highest BCUT2D eigenvalue weighted by Crippen LogP contribution is 2.05. The van der Waals surface area contributed by atoms with E-state index in [0.29, 0.717) is 6.42 Å². The van der Waals surface area contributed by atoms with Crippen LogP contribution in [0.3, 0.4) is 0 Å². The molecule has 0 aliphatic rings. The Bertz CT molecular complexity index is 128. The summed E-state index contributed by atoms with van der Waals surface area (Å²) in [6.45, 7) is 3.49. The lowest BCUT2D eigenvalue weighted by atomic mass is 9.97. The number of carboxylic acid groups (broad SMARTS) is 1. The molecule has 10 heavy (non-hydrogen) atoms. The Morgan fingerprint density at radius 2 is 2.10 bits per heavy atom. The lowest BCUT2D eigenvalue weighted by Gasteiger charge is -2.20. The van der Waals surface area contributed by atoms with Crippen molar-refractivity contribution in [3.8, 4) is 0 Å². The van der Waals surface area contributed by atoms with Crippen molar-refractivity contribution in [1.82, 2.24) is 0 Å². The van der Waals surface area contributed by atoms with Crippen molar-refractivity contribution in [3.05, 3.63) is 0 Å². The monoisotopic (exact) mass is 146 g/mol. The fourth-order valence-corrected chi connectivity index (χ4v) is 0.654. The second kappa shape index (κ2) is 2.98. The van der Waals surface area contributed by atoms with Crippen molar-refractivity contribution in [1.29, 1.82) is 0 Å². The number of rotatable bonds is 3. The van der Waals surface area contributed by atoms with Gasteiger partial charge in [0.2, 0.25) is 0 Å². The molecule has 0 bridgehead atoms. The molecule has 0 aromatic rings. The largest absolute Gasteiger partial charge is 0.480 e. The predicted molar refractivity (Wildman–Crippen MR) is 38.5 cm³/mol. The van der Waals surface area contributed by atoms with Gasteiger partial charge in [0.25, 0.3) is 0 Å². The van der Waals surface area contributed by atoms with Crippen molar-refractivity contribution < 1.29 is 9.90 Å². The maximum absolute atomic E-state index is 10.2. The highest BCUT2D eigenvalue weighted by Gasteiger charge is 2.20. The quantitative estimate of drug-likeness (QED) is 0.502. The van der Waals surface area contributed by atoms with Gasteiger partial charge in [0, 0.05) is 5.54 Å². The van der Waals surface area contributed by atoms with Crippen LogP contribution in [0.2, 0.25) is 0 Å². The van der Waals surface area contributed by atoms with Crippen LogP contribution < -0.4 is 11.5 Å². The Kier molecular flexibility index (Phi) is 2.80. The van der Waals surface area contributed by atoms with Crippen LogP contribution in [0.1, 0.15) is 20.3 Å². The summed E-state index contributed by atoms with van der Waals surface area (Å²) in [5, 5.41) is 8.36. The van der Waals surface area contributed by atoms with Gasteiger partial charge in [0.1, 0.15) is 6.04 Å². The van der Waals surface area contributed by atoms with E-state index in [2.05, 4.69) is 0 Å². The zero-order valence-corrected chi connectivity index (χ0v) is 6.29. The van der Waals surface area contributed by atoms with Crippen molar-refractivity contribution in [3.63, 3.8) is 0 Å². The average molecular weight is 146 g/mol. The van der Waals surface area contributed by atoms with E-state index in [9.17, 15) is 4.79 Å². The molecule has 1 unspecified atom stereocenters. The van der Waals surface area contributed by atoms with Gasteiger partial charge >= 0.3 is 5.97 Å². The molecule has 4 heteroatoms. The number of carbonyl (C=O) groups is 1. The normalized spacial score (nSPS) is 14.8. The fraction of sp³-hybridized carbons (Fsp3) is 0.833. The van der Waals surface area contributed by atoms with Crippen LogP contribution in [0.25, 0.3) is 0 Å². The molecule has 0 saturated heterocycles. The molecule has 0 radical (unpaired) electrons. The first-order valence-electron chi connectivity index (χ1n) is 3.10. The van der Waals surface area contributed by atoms with E-state index in [1.54, 1.807) is 13.8 Å². The van der Waals surface area contributed by atoms with Gasteiger partial charge in [-0.05, 0) is 20.3 Å². The van der Waals surface area contributed by atoms with E-state index in [1.807, 2.05) is 0 Å². The summed E-state index contributed by atoms with van der Waals surface area (Å²) >= 11 is 0. The summed E-state index contributed by atoms with van der Waals surface area (Å²) in [6, 6.07) is -0.847. The lowest BCUT2D eigenvalue weighted by Crippen LogP contribution is -2.43. The van der Waals surface area contributed by atoms with Gasteiger partial charge in [-0.2, -0.15) is 0 Å². The van der Waals surface area contributed by atoms with Gasteiger partial charge in [0.15, 0.2) is 0 Å². The molecule has 1 atom stereocenters. The Morgan fingerprint density at radius 1 is 1.70 bits per heavy atom. The molecule has 60 valence electrons. The Hall–Kier alpha value is -0.610. The van der Waals surface area contributed by atoms with Crippen LogP contribution in [-0.2, 0) is 4.79 Å². The first-order valence-corrected chi connectivity index (χ1v) is 3.10. The summed E-state index contributed by atoms with van der Waals surface area (Å²) in [7, 11) is 0. The standard InChI is InChI=1S/C6H14N2O2/c1-6(2,8)3-4(7)5(9)10/h4H,3,7-8H2,1-2H3,(H,9,10). The minimum absolute atomic E-state index is 0.294. The third-order valence-electron chi connectivity index (χ3n) is 1.06. The highest BCUT2D eigenvalue weighted by atomic mass is 16.4. The Balaban J connectivity index is 3.80. The number of hydrogen-bond acceptors (Lipinski definition) is 3. The summed E-state index contributed by atoms with van der Waals surface area (Å²) in [5.74, 6) is -1.00. The minimum atomic E-state index is -1.00. The maximum Gasteiger partial charge on any atom is 0.320 e. The second-order valence-electron chi connectivity index (χ2n) is 3.14. The minimum Gasteiger partial charge on any atom is -0.480 e. The van der Waals surface area contributed by atoms with E-state index >= 15 is 0 Å². The van der Waals surface area contributed by atoms with E-state index < -0.39 is 17.6 Å². The van der Waals surface area contributed by atoms with Crippen LogP contribution in [0.5, 0.6) is 0 Å². The third-order valence-corrected chi connectivity index (χ3v) is 1.06. The van der Waals surface area contributed by atoms with Crippen LogP contribution in [0.4, 0.5) is 0 Å². The van der Waals surface area contributed by atoms with Crippen molar-refractivity contribution >= 4 is 5.97 Å². The van der Waals surface area contributed by atoms with Crippen LogP contribution in [0, 0.1) is 0 Å². The third kappa shape index (κ3) is 4.29. The van der Waals surface area contributed by atoms with Gasteiger partial charge in [0.05, 0.1) is 0 Å². The van der Waals surface area contributed by atoms with Crippen LogP contribution in [-0.4, -0.2) is 22.7 Å². The van der Waals surface area contributed by atoms with Gasteiger partial charge < -0.3 is 16.6 Å². The SMILES string of the molecule is CC(C)(N)CC(N)C(=O)O. The van der Waals surface area contributed by atoms with Gasteiger partial charge in [-0.3, -0.25) is 4.79 Å². The molecule has 0 rings (SSSR count). The molecule has 0 heterocycles. The fourth-order valence-electron chi connectivity index (χ4n) is 0.654. The Morgan fingerprint density at radius 3 is 2.20 bits per heavy atom. The predicted octanol–water partition coefficient (Wildman–Crippen LogP) is -0.474. The first kappa shape index (κ1) is 9.39. The zero-order chi connectivity index (χ0) is 8.36. The lowest BCUT2D eigenvalue weighted by molar-refractivity contribution is -0.139. The number of carboxylic acids is 1. The van der Waals surface area contributed by atoms with E-state index in [-0.39, 0.29) is 0 Å². The molecule has 0 saturated carbocycles. The summed E-state index contributed by atoms with van der Waals surface area (Å²) < 4.78 is 0. The van der Waals surface area contributed by atoms with Crippen LogP contribution in [0.15, 0.2) is 0 Å². The summed E-state index contributed by atoms with van der Waals surface area (Å²) in [5.41, 5.74) is 10.3. The van der Waals surface area contributed by atoms with Crippen molar-refractivity contribution in [2.75, 3.05) is 0 Å². The average Bonchev–Trinajstić information content (AvgIpc) is 1.60. The Labute approximate surface area is 60.2 Å². The second-order valence-corrected chi connectivity index (χ2v) is 3.14. The molecular weight excluding hydrogens is 132 g/mol. The van der Waals surface area contributed by atoms with Crippen molar-refractivity contribution in [2.24, 2.45) is 11.5 Å². The maximum atomic E-state index is 10.2. The molecular formula is C6H14N2O2. The highest BCUT2D eigenvalue weighted by molar-refractivity contribution is 5.73. The molecule has 0 fully saturated rings. The molecule has 0 spiro atoms. The number of aliphatic carboxylic acids is 1. The number of hydrogen-bond donors (Lipinski definition) is 3. The molecule has 0 aliphatic carbocycles. The molecule has 0 amide bonds. The summed E-state index contributed by atoms with van der Waals surface area (Å²) in [4.78, 5) is 10.2. The number of nitrogens with two attached hydrogens (primary N) is 2. The zero-order valence-electron chi connectivity index (χ0n) is 6.29. The molecule has 0 aliphatic heterocycles. The smallest absolute Gasteiger partial charge is 0.320 e. The van der Waals surface area contributed by atoms with Crippen molar-refractivity contribution in [2.45, 2.75) is 31.8 Å². The topological polar surface area (TPSA) is 89.3 Å². The van der Waals surface area contributed by atoms with Gasteiger partial charge in [-0.15, -0.1) is 0 Å². The van der Waals surface area contributed by atoms with E-state index in [1.165, 1.54) is 0 Å². The first-order chi connectivity index (χ1) is 4.33. The molecule has 4 nitrogen and oxygen atoms in total. The molecule has 0 aromatic heterocycles. The van der Waals surface area contributed by atoms with Gasteiger partial charge in [-0.1, -0.05) is 0 Å². The van der Waals surface area contributed by atoms with E-state index in [4.69, 9.17) is 16.6 Å². The molecule has 5 N–H and O–H groups in total. The van der Waals surface area contributed by atoms with Gasteiger partial charge in [-0.25, -0.2) is 0 Å².